The first-order valence-corrected chi connectivity index (χ1v) is 15.8. The summed E-state index contributed by atoms with van der Waals surface area (Å²) in [4.78, 5) is 29.1. The summed E-state index contributed by atoms with van der Waals surface area (Å²) in [5.74, 6) is -1.11. The summed E-state index contributed by atoms with van der Waals surface area (Å²) in [6.45, 7) is 5.09. The van der Waals surface area contributed by atoms with Crippen LogP contribution < -0.4 is 9.62 Å². The molecule has 3 aromatic carbocycles. The van der Waals surface area contributed by atoms with E-state index in [-0.39, 0.29) is 23.9 Å². The molecule has 0 aromatic heterocycles. The van der Waals surface area contributed by atoms with Gasteiger partial charge in [-0.15, -0.1) is 0 Å². The number of carbonyl (C=O) groups is 2. The average molecular weight is 638 g/mol. The fraction of sp³-hybridized carbons (Fsp3) is 0.355. The summed E-state index contributed by atoms with van der Waals surface area (Å²) in [7, 11) is -4.31. The summed E-state index contributed by atoms with van der Waals surface area (Å²) in [5.41, 5.74) is 0.693. The van der Waals surface area contributed by atoms with Crippen LogP contribution in [0.2, 0.25) is 5.02 Å². The molecule has 1 unspecified atom stereocenters. The second kappa shape index (κ2) is 14.3. The van der Waals surface area contributed by atoms with Crippen LogP contribution in [0.4, 0.5) is 18.9 Å². The van der Waals surface area contributed by atoms with E-state index in [0.717, 1.165) is 29.5 Å². The molecule has 0 fully saturated rings. The van der Waals surface area contributed by atoms with Crippen LogP contribution in [0.3, 0.4) is 0 Å². The third-order valence-electron chi connectivity index (χ3n) is 6.78. The van der Waals surface area contributed by atoms with E-state index < -0.39 is 51.9 Å². The molecule has 0 saturated heterocycles. The number of carbonyl (C=O) groups excluding carboxylic acids is 2. The monoisotopic (exact) mass is 637 g/mol. The fourth-order valence-corrected chi connectivity index (χ4v) is 5.55. The smallest absolute Gasteiger partial charge is 0.354 e. The molecule has 2 amide bonds. The second-order valence-corrected chi connectivity index (χ2v) is 13.0. The third kappa shape index (κ3) is 9.46. The van der Waals surface area contributed by atoms with Gasteiger partial charge in [-0.05, 0) is 47.7 Å². The minimum Gasteiger partial charge on any atom is -0.354 e. The molecule has 0 radical (unpaired) electrons. The van der Waals surface area contributed by atoms with Crippen LogP contribution in [0.15, 0.2) is 72.8 Å². The van der Waals surface area contributed by atoms with Gasteiger partial charge in [-0.2, -0.15) is 13.2 Å². The molecular formula is C31H35ClF3N3O4S. The number of nitrogens with zero attached hydrogens (tertiary/aromatic N) is 2. The van der Waals surface area contributed by atoms with Gasteiger partial charge < -0.3 is 10.2 Å². The van der Waals surface area contributed by atoms with Crippen LogP contribution in [-0.2, 0) is 38.8 Å². The van der Waals surface area contributed by atoms with Gasteiger partial charge in [0.1, 0.15) is 12.6 Å². The number of nitrogens with one attached hydrogen (secondary N) is 1. The van der Waals surface area contributed by atoms with Crippen molar-refractivity contribution in [2.24, 2.45) is 5.92 Å². The molecule has 0 saturated carbocycles. The van der Waals surface area contributed by atoms with Crippen LogP contribution in [0.5, 0.6) is 0 Å². The van der Waals surface area contributed by atoms with E-state index in [0.29, 0.717) is 22.5 Å². The van der Waals surface area contributed by atoms with Gasteiger partial charge in [0, 0.05) is 19.5 Å². The maximum Gasteiger partial charge on any atom is 0.416 e. The topological polar surface area (TPSA) is 86.8 Å². The Labute approximate surface area is 255 Å². The Hall–Kier alpha value is -3.57. The van der Waals surface area contributed by atoms with Crippen LogP contribution >= 0.6 is 11.6 Å². The van der Waals surface area contributed by atoms with Crippen molar-refractivity contribution in [1.82, 2.24) is 10.2 Å². The summed E-state index contributed by atoms with van der Waals surface area (Å²) in [6, 6.07) is 17.5. The van der Waals surface area contributed by atoms with Gasteiger partial charge in [-0.25, -0.2) is 8.42 Å². The van der Waals surface area contributed by atoms with Gasteiger partial charge in [0.25, 0.3) is 0 Å². The minimum atomic E-state index is -4.78. The predicted octanol–water partition coefficient (Wildman–Crippen LogP) is 5.85. The molecule has 0 bridgehead atoms. The molecule has 3 rings (SSSR count). The summed E-state index contributed by atoms with van der Waals surface area (Å²) in [5, 5.41) is 2.59. The highest BCUT2D eigenvalue weighted by atomic mass is 35.5. The number of sulfonamides is 1. The number of benzene rings is 3. The zero-order valence-corrected chi connectivity index (χ0v) is 25.9. The average Bonchev–Trinajstić information content (AvgIpc) is 2.93. The van der Waals surface area contributed by atoms with Crippen molar-refractivity contribution in [3.63, 3.8) is 0 Å². The summed E-state index contributed by atoms with van der Waals surface area (Å²) >= 11 is 6.19. The van der Waals surface area contributed by atoms with Gasteiger partial charge in [-0.3, -0.25) is 13.9 Å². The molecule has 12 heteroatoms. The Kier molecular flexibility index (Phi) is 11.3. The molecular weight excluding hydrogens is 603 g/mol. The van der Waals surface area contributed by atoms with Crippen LogP contribution in [0.25, 0.3) is 0 Å². The minimum absolute atomic E-state index is 0.0496. The second-order valence-electron chi connectivity index (χ2n) is 10.7. The van der Waals surface area contributed by atoms with Gasteiger partial charge in [0.15, 0.2) is 0 Å². The van der Waals surface area contributed by atoms with E-state index in [1.54, 1.807) is 24.3 Å². The predicted molar refractivity (Wildman–Crippen MR) is 162 cm³/mol. The largest absolute Gasteiger partial charge is 0.416 e. The number of anilines is 1. The van der Waals surface area contributed by atoms with Crippen molar-refractivity contribution in [1.29, 1.82) is 0 Å². The first-order valence-electron chi connectivity index (χ1n) is 13.6. The number of alkyl halides is 3. The molecule has 232 valence electrons. The maximum atomic E-state index is 14.1. The molecule has 43 heavy (non-hydrogen) atoms. The first kappa shape index (κ1) is 33.9. The van der Waals surface area contributed by atoms with Crippen molar-refractivity contribution in [2.45, 2.75) is 46.0 Å². The van der Waals surface area contributed by atoms with Crippen LogP contribution in [0.1, 0.15) is 36.1 Å². The Morgan fingerprint density at radius 2 is 1.60 bits per heavy atom. The van der Waals surface area contributed by atoms with E-state index >= 15 is 0 Å². The van der Waals surface area contributed by atoms with Crippen LogP contribution in [-0.4, -0.2) is 50.5 Å². The lowest BCUT2D eigenvalue weighted by Gasteiger charge is -2.34. The molecule has 0 aliphatic heterocycles. The van der Waals surface area contributed by atoms with Gasteiger partial charge in [0.05, 0.1) is 22.5 Å². The van der Waals surface area contributed by atoms with E-state index in [1.807, 2.05) is 51.1 Å². The molecule has 0 aliphatic rings. The maximum absolute atomic E-state index is 14.1. The molecule has 1 atom stereocenters. The lowest BCUT2D eigenvalue weighted by molar-refractivity contribution is -0.140. The van der Waals surface area contributed by atoms with Gasteiger partial charge in [-0.1, -0.05) is 80.0 Å². The highest BCUT2D eigenvalue weighted by molar-refractivity contribution is 7.92. The Morgan fingerprint density at radius 1 is 0.977 bits per heavy atom. The van der Waals surface area contributed by atoms with Crippen molar-refractivity contribution in [3.05, 3.63) is 100 Å². The van der Waals surface area contributed by atoms with Crippen molar-refractivity contribution in [2.75, 3.05) is 23.7 Å². The number of halogens is 4. The fourth-order valence-electron chi connectivity index (χ4n) is 4.42. The quantitative estimate of drug-likeness (QED) is 0.270. The highest BCUT2D eigenvalue weighted by Gasteiger charge is 2.36. The standard InChI is InChI=1S/C31H35ClF3N3O4S/c1-21(2)18-36-30(40)28(16-23-11-6-5-7-12-23)37(19-24-13-9-8-10-22(24)3)29(39)20-38(43(4,41)42)27-17-25(31(33,34)35)14-15-26(27)32/h5-15,17,21,28H,16,18-20H2,1-4H3,(H,36,40). The van der Waals surface area contributed by atoms with Gasteiger partial charge >= 0.3 is 6.18 Å². The number of amides is 2. The van der Waals surface area contributed by atoms with Crippen LogP contribution in [0, 0.1) is 12.8 Å². The molecule has 0 heterocycles. The Morgan fingerprint density at radius 3 is 2.19 bits per heavy atom. The van der Waals surface area contributed by atoms with E-state index in [2.05, 4.69) is 5.32 Å². The number of rotatable bonds is 12. The van der Waals surface area contributed by atoms with E-state index in [9.17, 15) is 31.2 Å². The SMILES string of the molecule is Cc1ccccc1CN(C(=O)CN(c1cc(C(F)(F)F)ccc1Cl)S(C)(=O)=O)C(Cc1ccccc1)C(=O)NCC(C)C. The zero-order chi connectivity index (χ0) is 31.9. The lowest BCUT2D eigenvalue weighted by Crippen LogP contribution is -2.53. The summed E-state index contributed by atoms with van der Waals surface area (Å²) < 4.78 is 67.0. The van der Waals surface area contributed by atoms with E-state index in [1.165, 1.54) is 4.90 Å². The molecule has 0 spiro atoms. The third-order valence-corrected chi connectivity index (χ3v) is 8.23. The normalized spacial score (nSPS) is 12.6. The number of hydrogen-bond donors (Lipinski definition) is 1. The first-order chi connectivity index (χ1) is 20.1. The molecule has 3 aromatic rings. The lowest BCUT2D eigenvalue weighted by atomic mass is 10.0. The van der Waals surface area contributed by atoms with Crippen molar-refractivity contribution >= 4 is 39.1 Å². The molecule has 1 N–H and O–H groups in total. The molecule has 7 nitrogen and oxygen atoms in total. The molecule has 0 aliphatic carbocycles. The Balaban J connectivity index is 2.12. The van der Waals surface area contributed by atoms with Crippen molar-refractivity contribution < 1.29 is 31.2 Å². The Bertz CT molecular complexity index is 1530. The number of hydrogen-bond acceptors (Lipinski definition) is 4. The van der Waals surface area contributed by atoms with Crippen molar-refractivity contribution in [3.8, 4) is 0 Å². The summed E-state index contributed by atoms with van der Waals surface area (Å²) in [6.07, 6.45) is -3.89. The highest BCUT2D eigenvalue weighted by Crippen LogP contribution is 2.36. The number of aryl methyl sites for hydroxylation is 1. The van der Waals surface area contributed by atoms with E-state index in [4.69, 9.17) is 11.6 Å². The zero-order valence-electron chi connectivity index (χ0n) is 24.4. The van der Waals surface area contributed by atoms with Gasteiger partial charge in [0.2, 0.25) is 21.8 Å².